The Morgan fingerprint density at radius 1 is 1.60 bits per heavy atom. The van der Waals surface area contributed by atoms with Crippen molar-refractivity contribution in [1.29, 1.82) is 0 Å². The molecule has 0 fully saturated rings. The molecule has 1 aromatic rings. The molecule has 0 spiro atoms. The van der Waals surface area contributed by atoms with Gasteiger partial charge in [0.15, 0.2) is 0 Å². The van der Waals surface area contributed by atoms with E-state index in [-0.39, 0.29) is 0 Å². The van der Waals surface area contributed by atoms with Crippen molar-refractivity contribution in [1.82, 2.24) is 15.2 Å². The summed E-state index contributed by atoms with van der Waals surface area (Å²) in [6.07, 6.45) is 0. The second kappa shape index (κ2) is 0.672. The maximum absolute atomic E-state index is 2.77. The standard InChI is InChI=1S/C2H7N3/c1-2-5-3-4-5/h3-4H,2H2,1H3. The number of hydrogen-bond acceptors (Lipinski definition) is 0. The summed E-state index contributed by atoms with van der Waals surface area (Å²) in [6.45, 7) is 3.09. The summed E-state index contributed by atoms with van der Waals surface area (Å²) in [5.74, 6) is 0. The van der Waals surface area contributed by atoms with Crippen molar-refractivity contribution >= 4 is 0 Å². The second-order valence-corrected chi connectivity index (χ2v) is 0.968. The van der Waals surface area contributed by atoms with Crippen LogP contribution in [-0.4, -0.2) is 15.2 Å². The van der Waals surface area contributed by atoms with Crippen LogP contribution in [0.1, 0.15) is 6.92 Å². The highest BCUT2D eigenvalue weighted by Crippen LogP contribution is 1.70. The first-order valence-electron chi connectivity index (χ1n) is 1.72. The maximum Gasteiger partial charge on any atom is 0.0565 e. The normalized spacial score (nSPS) is 9.80. The molecule has 0 bridgehead atoms. The minimum atomic E-state index is 1.03. The van der Waals surface area contributed by atoms with E-state index in [1.165, 1.54) is 0 Å². The average Bonchev–Trinajstić information content (AvgIpc) is 2.12. The molecule has 2 N–H and O–H groups in total. The molecule has 3 nitrogen and oxygen atoms in total. The van der Waals surface area contributed by atoms with Crippen LogP contribution in [0.4, 0.5) is 0 Å². The van der Waals surface area contributed by atoms with Gasteiger partial charge < -0.3 is 0 Å². The maximum atomic E-state index is 2.77. The predicted molar refractivity (Wildman–Crippen MR) is 18.8 cm³/mol. The van der Waals surface area contributed by atoms with Crippen LogP contribution >= 0.6 is 0 Å². The van der Waals surface area contributed by atoms with Crippen LogP contribution < -0.4 is 0 Å². The summed E-state index contributed by atoms with van der Waals surface area (Å²) >= 11 is 0. The van der Waals surface area contributed by atoms with Gasteiger partial charge in [-0.05, 0) is 6.92 Å². The summed E-state index contributed by atoms with van der Waals surface area (Å²) in [4.78, 5) is 1.88. The van der Waals surface area contributed by atoms with Crippen molar-refractivity contribution in [2.75, 3.05) is 0 Å². The number of nitrogens with zero attached hydrogens (tertiary/aromatic N) is 1. The van der Waals surface area contributed by atoms with Gasteiger partial charge in [0.2, 0.25) is 0 Å². The van der Waals surface area contributed by atoms with Crippen molar-refractivity contribution < 1.29 is 0 Å². The van der Waals surface area contributed by atoms with Gasteiger partial charge in [-0.1, -0.05) is 0 Å². The summed E-state index contributed by atoms with van der Waals surface area (Å²) < 4.78 is 0. The van der Waals surface area contributed by atoms with Crippen molar-refractivity contribution in [3.05, 3.63) is 0 Å². The number of hydrogen-bond donors (Lipinski definition) is 2. The minimum absolute atomic E-state index is 1.03. The lowest BCUT2D eigenvalue weighted by Gasteiger charge is -1.68. The van der Waals surface area contributed by atoms with Gasteiger partial charge in [0.1, 0.15) is 0 Å². The molecule has 0 amide bonds. The molecule has 0 unspecified atom stereocenters. The van der Waals surface area contributed by atoms with Crippen LogP contribution in [-0.2, 0) is 6.54 Å². The molecule has 1 heterocycles. The van der Waals surface area contributed by atoms with Gasteiger partial charge in [0.05, 0.1) is 6.54 Å². The minimum Gasteiger partial charge on any atom is -0.210 e. The molecule has 0 aliphatic rings. The third-order valence-corrected chi connectivity index (χ3v) is 0.586. The molecule has 0 aliphatic heterocycles. The van der Waals surface area contributed by atoms with Crippen LogP contribution in [0.25, 0.3) is 0 Å². The van der Waals surface area contributed by atoms with Crippen LogP contribution in [0.5, 0.6) is 0 Å². The Hall–Kier alpha value is -0.600. The summed E-state index contributed by atoms with van der Waals surface area (Å²) in [7, 11) is 0. The lowest BCUT2D eigenvalue weighted by molar-refractivity contribution is 0.754. The molecular weight excluding hydrogens is 66.0 g/mol. The van der Waals surface area contributed by atoms with E-state index < -0.39 is 0 Å². The molecule has 0 atom stereocenters. The first-order chi connectivity index (χ1) is 2.43. The van der Waals surface area contributed by atoms with E-state index in [4.69, 9.17) is 0 Å². The zero-order valence-corrected chi connectivity index (χ0v) is 3.15. The monoisotopic (exact) mass is 73.1 g/mol. The van der Waals surface area contributed by atoms with Crippen LogP contribution in [0, 0.1) is 0 Å². The quantitative estimate of drug-likeness (QED) is 0.475. The molecule has 0 aromatic carbocycles. The summed E-state index contributed by atoms with van der Waals surface area (Å²) in [6, 6.07) is 0. The van der Waals surface area contributed by atoms with Gasteiger partial charge in [0, 0.05) is 0 Å². The van der Waals surface area contributed by atoms with Gasteiger partial charge in [-0.2, -0.15) is 4.80 Å². The van der Waals surface area contributed by atoms with Crippen LogP contribution in [0.15, 0.2) is 0 Å². The number of nitrogens with one attached hydrogen (secondary N) is 2. The number of rotatable bonds is 1. The van der Waals surface area contributed by atoms with E-state index in [1.807, 2.05) is 4.80 Å². The van der Waals surface area contributed by atoms with Crippen LogP contribution in [0.2, 0.25) is 0 Å². The molecule has 0 radical (unpaired) electrons. The molecule has 3 heteroatoms. The third-order valence-electron chi connectivity index (χ3n) is 0.586. The highest BCUT2D eigenvalue weighted by molar-refractivity contribution is 4.21. The summed E-state index contributed by atoms with van der Waals surface area (Å²) in [5, 5.41) is 5.53. The van der Waals surface area contributed by atoms with Gasteiger partial charge in [-0.3, -0.25) is 0 Å². The largest absolute Gasteiger partial charge is 0.210 e. The molecule has 1 rings (SSSR count). The number of H-pyrrole nitrogens is 2. The summed E-state index contributed by atoms with van der Waals surface area (Å²) in [5.41, 5.74) is 0. The van der Waals surface area contributed by atoms with Crippen molar-refractivity contribution in [3.8, 4) is 0 Å². The molecule has 1 aromatic heterocycles. The smallest absolute Gasteiger partial charge is 0.0565 e. The molecule has 30 valence electrons. The SMILES string of the molecule is CCn1[nH][nH]1. The molecule has 5 heavy (non-hydrogen) atoms. The van der Waals surface area contributed by atoms with Crippen LogP contribution in [0.3, 0.4) is 0 Å². The Labute approximate surface area is 29.9 Å². The first kappa shape index (κ1) is 2.63. The van der Waals surface area contributed by atoms with Crippen molar-refractivity contribution in [2.45, 2.75) is 13.5 Å². The Morgan fingerprint density at radius 2 is 2.20 bits per heavy atom. The van der Waals surface area contributed by atoms with E-state index in [1.54, 1.807) is 0 Å². The van der Waals surface area contributed by atoms with Gasteiger partial charge >= 0.3 is 0 Å². The van der Waals surface area contributed by atoms with E-state index >= 15 is 0 Å². The van der Waals surface area contributed by atoms with E-state index in [2.05, 4.69) is 17.4 Å². The second-order valence-electron chi connectivity index (χ2n) is 0.968. The lowest BCUT2D eigenvalue weighted by atomic mass is 10.8. The van der Waals surface area contributed by atoms with E-state index in [0.717, 1.165) is 6.54 Å². The lowest BCUT2D eigenvalue weighted by Crippen LogP contribution is -1.76. The van der Waals surface area contributed by atoms with Gasteiger partial charge in [0.25, 0.3) is 0 Å². The highest BCUT2D eigenvalue weighted by atomic mass is 15.7. The highest BCUT2D eigenvalue weighted by Gasteiger charge is 1.78. The Bertz CT molecular complexity index is 73.3. The zero-order chi connectivity index (χ0) is 3.70. The third kappa shape index (κ3) is 0.344. The fraction of sp³-hybridized carbons (Fsp3) is 1.00. The van der Waals surface area contributed by atoms with Gasteiger partial charge in [-0.15, -0.1) is 0 Å². The molecule has 0 saturated carbocycles. The van der Waals surface area contributed by atoms with Crippen molar-refractivity contribution in [2.24, 2.45) is 0 Å². The Kier molecular flexibility index (Phi) is 0.353. The first-order valence-corrected chi connectivity index (χ1v) is 1.72. The molecule has 0 saturated heterocycles. The van der Waals surface area contributed by atoms with E-state index in [0.29, 0.717) is 0 Å². The fourth-order valence-corrected chi connectivity index (χ4v) is 0.193. The molecular formula is C2H7N3. The fourth-order valence-electron chi connectivity index (χ4n) is 0.193. The molecule has 0 aliphatic carbocycles. The Morgan fingerprint density at radius 3 is 2.20 bits per heavy atom. The topological polar surface area (TPSA) is 36.5 Å². The number of aryl methyl sites for hydroxylation is 1. The van der Waals surface area contributed by atoms with Gasteiger partial charge in [-0.25, -0.2) is 10.4 Å². The van der Waals surface area contributed by atoms with E-state index in [9.17, 15) is 0 Å². The van der Waals surface area contributed by atoms with Crippen molar-refractivity contribution in [3.63, 3.8) is 0 Å². The average molecular weight is 73.1 g/mol. The predicted octanol–water partition coefficient (Wildman–Crippen LogP) is 0.164. The zero-order valence-electron chi connectivity index (χ0n) is 3.15. The number of aromatic nitrogens is 3. The Balaban J connectivity index is 2.35. The number of aromatic amines is 2.